The number of ketones is 1. The largest absolute Gasteiger partial charge is 0.506 e. The number of benzene rings is 2. The maximum atomic E-state index is 12.5. The highest BCUT2D eigenvalue weighted by atomic mass is 16.7. The number of aromatic carboxylic acids is 1. The third-order valence-electron chi connectivity index (χ3n) is 13.2. The van der Waals surface area contributed by atoms with Crippen molar-refractivity contribution in [2.45, 2.75) is 89.0 Å². The molecule has 8 rings (SSSR count). The third kappa shape index (κ3) is 5.20. The molecule has 0 unspecified atom stereocenters. The van der Waals surface area contributed by atoms with Crippen molar-refractivity contribution in [2.24, 2.45) is 29.1 Å². The maximum absolute atomic E-state index is 12.5. The number of phenolic OH excluding ortho intramolecular Hbond substituents is 1. The highest BCUT2D eigenvalue weighted by Gasteiger charge is 2.65. The van der Waals surface area contributed by atoms with Gasteiger partial charge in [-0.25, -0.2) is 4.79 Å². The molecule has 2 saturated carbocycles. The molecule has 12 nitrogen and oxygen atoms in total. The van der Waals surface area contributed by atoms with Crippen LogP contribution in [-0.2, 0) is 14.2 Å². The molecule has 0 amide bonds. The molecule has 52 heavy (non-hydrogen) atoms. The smallest absolute Gasteiger partial charge is 0.335 e. The number of rotatable bonds is 8. The fourth-order valence-electron chi connectivity index (χ4n) is 11.3. The van der Waals surface area contributed by atoms with Gasteiger partial charge in [0.25, 0.3) is 0 Å². The van der Waals surface area contributed by atoms with Gasteiger partial charge in [-0.05, 0) is 116 Å². The molecule has 1 spiro atoms. The van der Waals surface area contributed by atoms with Gasteiger partial charge in [-0.15, -0.1) is 0 Å². The van der Waals surface area contributed by atoms with E-state index in [1.165, 1.54) is 30.2 Å². The van der Waals surface area contributed by atoms with Crippen molar-refractivity contribution in [3.05, 3.63) is 57.7 Å². The van der Waals surface area contributed by atoms with E-state index < -0.39 is 54.3 Å². The van der Waals surface area contributed by atoms with Crippen molar-refractivity contribution in [3.63, 3.8) is 0 Å². The summed E-state index contributed by atoms with van der Waals surface area (Å²) in [6, 6.07) is 4.10. The zero-order valence-electron chi connectivity index (χ0n) is 29.5. The molecule has 12 heteroatoms. The lowest BCUT2D eigenvalue weighted by Crippen LogP contribution is -2.69. The van der Waals surface area contributed by atoms with E-state index in [0.29, 0.717) is 55.3 Å². The van der Waals surface area contributed by atoms with Crippen LogP contribution in [0.1, 0.15) is 78.1 Å². The zero-order chi connectivity index (χ0) is 36.7. The quantitative estimate of drug-likeness (QED) is 0.217. The molecule has 10 atom stereocenters. The summed E-state index contributed by atoms with van der Waals surface area (Å²) in [5, 5.41) is 66.3. The summed E-state index contributed by atoms with van der Waals surface area (Å²) in [5.74, 6) is -1.35. The van der Waals surface area contributed by atoms with Gasteiger partial charge in [0.1, 0.15) is 35.4 Å². The molecule has 2 aromatic carbocycles. The summed E-state index contributed by atoms with van der Waals surface area (Å²) < 4.78 is 25.5. The average Bonchev–Trinajstić information content (AvgIpc) is 3.48. The number of ether oxygens (including phenoxy) is 4. The summed E-state index contributed by atoms with van der Waals surface area (Å²) in [5.41, 5.74) is 2.23. The second kappa shape index (κ2) is 13.2. The standard InChI is InChI=1S/C40H48O12/c1-19-11-23-12-24(37(47)48)13-28(32(23)34(44)30(19)20(2)43)51-38-35(45)36(46)40(29(15-42)52-38)14-26-25-6-3-5-22-16-49-18-39(33(22)25,9-4-10-41)27-8-7-21(17-50-40)31(26)27/h8,11-13,22,25-26,29,33,35-36,38,41-42,44-46H,3-7,9-10,14-18H2,1-2H3,(H,47,48)/t22-,25-,26-,29+,33-,35+,36+,38+,39-,40+/m0/s1. The van der Waals surface area contributed by atoms with Crippen molar-refractivity contribution in [1.29, 1.82) is 0 Å². The normalized spacial score (nSPS) is 36.6. The fourth-order valence-corrected chi connectivity index (χ4v) is 11.3. The molecule has 3 aliphatic heterocycles. The van der Waals surface area contributed by atoms with Crippen LogP contribution < -0.4 is 4.74 Å². The van der Waals surface area contributed by atoms with Crippen LogP contribution in [0.2, 0.25) is 0 Å². The lowest BCUT2D eigenvalue weighted by atomic mass is 9.46. The number of fused-ring (bicyclic) bond motifs is 3. The SMILES string of the molecule is CC(=O)c1c(C)cc2cc(C(=O)O)cc(O[C@@H]3O[C@H](CO)[C@]4(C[C@@H]5C6=C(CC=C6[C@]6(CCCO)COC[C@@H]7CCC[C@@H]5[C@H]76)CO4)[C@H](O)[C@H]3O)c2c1O. The molecule has 2 saturated heterocycles. The number of carbonyl (C=O) groups excluding carboxylic acids is 1. The lowest BCUT2D eigenvalue weighted by molar-refractivity contribution is -0.326. The number of hydrogen-bond donors (Lipinski definition) is 6. The van der Waals surface area contributed by atoms with Crippen LogP contribution in [0.15, 0.2) is 41.0 Å². The fraction of sp³-hybridized carbons (Fsp3) is 0.600. The van der Waals surface area contributed by atoms with Crippen molar-refractivity contribution in [3.8, 4) is 11.5 Å². The number of aliphatic hydroxyl groups is 4. The Hall–Kier alpha value is -3.36. The second-order valence-electron chi connectivity index (χ2n) is 15.9. The first-order valence-corrected chi connectivity index (χ1v) is 18.5. The van der Waals surface area contributed by atoms with Crippen LogP contribution in [0.5, 0.6) is 11.5 Å². The molecule has 4 fully saturated rings. The van der Waals surface area contributed by atoms with Crippen LogP contribution in [0.3, 0.4) is 0 Å². The molecule has 0 bridgehead atoms. The van der Waals surface area contributed by atoms with Crippen molar-refractivity contribution in [1.82, 2.24) is 0 Å². The zero-order valence-corrected chi connectivity index (χ0v) is 29.5. The molecule has 2 aromatic rings. The average molecular weight is 721 g/mol. The molecule has 3 heterocycles. The summed E-state index contributed by atoms with van der Waals surface area (Å²) in [4.78, 5) is 24.6. The van der Waals surface area contributed by atoms with Gasteiger partial charge in [0.2, 0.25) is 6.29 Å². The van der Waals surface area contributed by atoms with E-state index in [-0.39, 0.29) is 52.7 Å². The number of phenols is 1. The molecule has 280 valence electrons. The molecule has 6 N–H and O–H groups in total. The monoisotopic (exact) mass is 720 g/mol. The van der Waals surface area contributed by atoms with Gasteiger partial charge >= 0.3 is 5.97 Å². The van der Waals surface area contributed by atoms with Gasteiger partial charge in [0, 0.05) is 18.6 Å². The Labute approximate surface area is 301 Å². The molecular formula is C40H48O12. The van der Waals surface area contributed by atoms with E-state index in [0.717, 1.165) is 31.3 Å². The van der Waals surface area contributed by atoms with E-state index in [1.54, 1.807) is 13.0 Å². The van der Waals surface area contributed by atoms with Crippen LogP contribution in [0.4, 0.5) is 0 Å². The van der Waals surface area contributed by atoms with E-state index in [2.05, 4.69) is 6.08 Å². The minimum Gasteiger partial charge on any atom is -0.506 e. The van der Waals surface area contributed by atoms with Gasteiger partial charge < -0.3 is 49.6 Å². The van der Waals surface area contributed by atoms with Crippen molar-refractivity contribution >= 4 is 22.5 Å². The Bertz CT molecular complexity index is 1860. The number of aryl methyl sites for hydroxylation is 1. The first kappa shape index (κ1) is 35.7. The number of aliphatic hydroxyl groups excluding tert-OH is 4. The Kier molecular flexibility index (Phi) is 9.04. The summed E-state index contributed by atoms with van der Waals surface area (Å²) in [7, 11) is 0. The number of carbonyl (C=O) groups is 2. The van der Waals surface area contributed by atoms with Gasteiger partial charge in [-0.3, -0.25) is 4.79 Å². The minimum atomic E-state index is -1.71. The van der Waals surface area contributed by atoms with Gasteiger partial charge in [0.15, 0.2) is 5.78 Å². The summed E-state index contributed by atoms with van der Waals surface area (Å²) in [6.07, 6.45) is 1.87. The molecular weight excluding hydrogens is 672 g/mol. The van der Waals surface area contributed by atoms with Crippen LogP contribution in [0, 0.1) is 36.0 Å². The topological polar surface area (TPSA) is 192 Å². The van der Waals surface area contributed by atoms with Gasteiger partial charge in [-0.1, -0.05) is 18.6 Å². The van der Waals surface area contributed by atoms with Crippen LogP contribution in [0.25, 0.3) is 10.8 Å². The minimum absolute atomic E-state index is 0.0299. The number of aromatic hydroxyl groups is 1. The van der Waals surface area contributed by atoms with Crippen molar-refractivity contribution < 1.29 is 59.2 Å². The van der Waals surface area contributed by atoms with Crippen LogP contribution in [-0.4, -0.2) is 106 Å². The highest BCUT2D eigenvalue weighted by molar-refractivity contribution is 6.08. The highest BCUT2D eigenvalue weighted by Crippen LogP contribution is 2.67. The molecule has 3 aliphatic carbocycles. The first-order chi connectivity index (χ1) is 25.0. The summed E-state index contributed by atoms with van der Waals surface area (Å²) >= 11 is 0. The maximum Gasteiger partial charge on any atom is 0.335 e. The number of hydrogen-bond acceptors (Lipinski definition) is 11. The Balaban J connectivity index is 1.16. The third-order valence-corrected chi connectivity index (χ3v) is 13.2. The Morgan fingerprint density at radius 3 is 2.65 bits per heavy atom. The Morgan fingerprint density at radius 1 is 1.12 bits per heavy atom. The van der Waals surface area contributed by atoms with Gasteiger partial charge in [-0.2, -0.15) is 0 Å². The molecule has 0 radical (unpaired) electrons. The second-order valence-corrected chi connectivity index (χ2v) is 15.9. The lowest BCUT2D eigenvalue weighted by Gasteiger charge is -2.61. The molecule has 6 aliphatic rings. The molecule has 0 aromatic heterocycles. The summed E-state index contributed by atoms with van der Waals surface area (Å²) in [6.45, 7) is 3.95. The number of Topliss-reactive ketones (excluding diaryl/α,β-unsaturated/α-hetero) is 1. The van der Waals surface area contributed by atoms with E-state index in [4.69, 9.17) is 18.9 Å². The van der Waals surface area contributed by atoms with Gasteiger partial charge in [0.05, 0.1) is 36.3 Å². The van der Waals surface area contributed by atoms with E-state index in [1.807, 2.05) is 0 Å². The Morgan fingerprint density at radius 2 is 1.92 bits per heavy atom. The van der Waals surface area contributed by atoms with Crippen molar-refractivity contribution in [2.75, 3.05) is 33.0 Å². The predicted octanol–water partition coefficient (Wildman–Crippen LogP) is 3.81. The van der Waals surface area contributed by atoms with E-state index in [9.17, 15) is 40.2 Å². The number of carboxylic acids is 1. The predicted molar refractivity (Wildman–Crippen MR) is 186 cm³/mol. The number of allylic oxidation sites excluding steroid dienone is 2. The van der Waals surface area contributed by atoms with Crippen LogP contribution >= 0.6 is 0 Å². The number of carboxylic acid groups (broad SMARTS) is 1. The first-order valence-electron chi connectivity index (χ1n) is 18.5. The van der Waals surface area contributed by atoms with E-state index >= 15 is 0 Å².